The molecule has 1 amide bonds. The van der Waals surface area contributed by atoms with Crippen LogP contribution in [0.4, 0.5) is 13.2 Å². The van der Waals surface area contributed by atoms with Crippen molar-refractivity contribution in [2.75, 3.05) is 6.54 Å². The van der Waals surface area contributed by atoms with Crippen molar-refractivity contribution in [3.8, 4) is 0 Å². The van der Waals surface area contributed by atoms with Crippen LogP contribution in [-0.4, -0.2) is 40.6 Å². The molecule has 2 aliphatic rings. The highest BCUT2D eigenvalue weighted by molar-refractivity contribution is 5.88. The number of rotatable bonds is 1. The maximum atomic E-state index is 12.3. The highest BCUT2D eigenvalue weighted by Crippen LogP contribution is 2.43. The van der Waals surface area contributed by atoms with E-state index in [1.807, 2.05) is 0 Å². The fourth-order valence-electron chi connectivity index (χ4n) is 2.99. The van der Waals surface area contributed by atoms with E-state index in [1.54, 1.807) is 0 Å². The number of carboxylic acid groups (broad SMARTS) is 1. The zero-order valence-corrected chi connectivity index (χ0v) is 8.91. The van der Waals surface area contributed by atoms with Gasteiger partial charge >= 0.3 is 18.1 Å². The molecule has 0 aromatic heterocycles. The third-order valence-corrected chi connectivity index (χ3v) is 3.65. The summed E-state index contributed by atoms with van der Waals surface area (Å²) in [5.41, 5.74) is 0. The van der Waals surface area contributed by atoms with Crippen LogP contribution in [0.15, 0.2) is 0 Å². The molecule has 0 radical (unpaired) electrons. The Bertz CT molecular complexity index is 355. The minimum absolute atomic E-state index is 0.0834. The molecule has 1 saturated heterocycles. The fourth-order valence-corrected chi connectivity index (χ4v) is 2.99. The lowest BCUT2D eigenvalue weighted by Crippen LogP contribution is -2.48. The summed E-state index contributed by atoms with van der Waals surface area (Å²) in [6.07, 6.45) is -2.88. The molecule has 0 spiro atoms. The molecule has 0 aromatic rings. The SMILES string of the molecule is O=C(O)C1C2CCCC2CN1C(=O)C(F)(F)F. The van der Waals surface area contributed by atoms with Crippen molar-refractivity contribution in [2.45, 2.75) is 31.5 Å². The number of hydrogen-bond acceptors (Lipinski definition) is 2. The van der Waals surface area contributed by atoms with Crippen LogP contribution in [0.3, 0.4) is 0 Å². The lowest BCUT2D eigenvalue weighted by Gasteiger charge is -2.25. The number of carbonyl (C=O) groups excluding carboxylic acids is 1. The second-order valence-electron chi connectivity index (χ2n) is 4.59. The second-order valence-corrected chi connectivity index (χ2v) is 4.59. The van der Waals surface area contributed by atoms with Gasteiger partial charge in [-0.25, -0.2) is 4.79 Å². The highest BCUT2D eigenvalue weighted by atomic mass is 19.4. The van der Waals surface area contributed by atoms with Crippen LogP contribution in [-0.2, 0) is 9.59 Å². The number of amides is 1. The normalized spacial score (nSPS) is 32.6. The summed E-state index contributed by atoms with van der Waals surface area (Å²) in [7, 11) is 0. The van der Waals surface area contributed by atoms with Gasteiger partial charge in [0, 0.05) is 6.54 Å². The molecule has 96 valence electrons. The number of aliphatic carboxylic acids is 1. The molecule has 0 bridgehead atoms. The Balaban J connectivity index is 2.23. The van der Waals surface area contributed by atoms with Gasteiger partial charge in [0.25, 0.3) is 0 Å². The van der Waals surface area contributed by atoms with Crippen molar-refractivity contribution in [3.05, 3.63) is 0 Å². The smallest absolute Gasteiger partial charge is 0.471 e. The third-order valence-electron chi connectivity index (χ3n) is 3.65. The summed E-state index contributed by atoms with van der Waals surface area (Å²) >= 11 is 0. The number of hydrogen-bond donors (Lipinski definition) is 1. The third kappa shape index (κ3) is 1.98. The summed E-state index contributed by atoms with van der Waals surface area (Å²) in [5.74, 6) is -3.78. The Morgan fingerprint density at radius 1 is 1.24 bits per heavy atom. The van der Waals surface area contributed by atoms with E-state index in [-0.39, 0.29) is 18.4 Å². The molecular formula is C10H12F3NO3. The quantitative estimate of drug-likeness (QED) is 0.763. The van der Waals surface area contributed by atoms with E-state index < -0.39 is 24.1 Å². The zero-order valence-electron chi connectivity index (χ0n) is 8.91. The molecule has 1 aliphatic heterocycles. The van der Waals surface area contributed by atoms with Gasteiger partial charge in [0.1, 0.15) is 6.04 Å². The number of fused-ring (bicyclic) bond motifs is 1. The Hall–Kier alpha value is -1.27. The van der Waals surface area contributed by atoms with Crippen LogP contribution in [0.25, 0.3) is 0 Å². The topological polar surface area (TPSA) is 57.6 Å². The molecule has 3 unspecified atom stereocenters. The summed E-state index contributed by atoms with van der Waals surface area (Å²) in [4.78, 5) is 22.7. The Morgan fingerprint density at radius 2 is 1.88 bits per heavy atom. The average molecular weight is 251 g/mol. The second kappa shape index (κ2) is 3.89. The number of likely N-dealkylation sites (tertiary alicyclic amines) is 1. The first-order valence-electron chi connectivity index (χ1n) is 5.43. The largest absolute Gasteiger partial charge is 0.480 e. The van der Waals surface area contributed by atoms with E-state index in [4.69, 9.17) is 5.11 Å². The van der Waals surface area contributed by atoms with E-state index in [0.717, 1.165) is 6.42 Å². The van der Waals surface area contributed by atoms with Crippen LogP contribution < -0.4 is 0 Å². The monoisotopic (exact) mass is 251 g/mol. The van der Waals surface area contributed by atoms with Gasteiger partial charge in [-0.1, -0.05) is 6.42 Å². The predicted octanol–water partition coefficient (Wildman–Crippen LogP) is 1.26. The van der Waals surface area contributed by atoms with Gasteiger partial charge in [-0.3, -0.25) is 4.79 Å². The zero-order chi connectivity index (χ0) is 12.8. The lowest BCUT2D eigenvalue weighted by atomic mass is 9.94. The van der Waals surface area contributed by atoms with E-state index in [1.165, 1.54) is 0 Å². The minimum Gasteiger partial charge on any atom is -0.480 e. The molecule has 17 heavy (non-hydrogen) atoms. The van der Waals surface area contributed by atoms with Gasteiger partial charge in [0.05, 0.1) is 0 Å². The molecule has 0 aromatic carbocycles. The fraction of sp³-hybridized carbons (Fsp3) is 0.800. The number of carboxylic acids is 1. The number of alkyl halides is 3. The van der Waals surface area contributed by atoms with Crippen LogP contribution >= 0.6 is 0 Å². The van der Waals surface area contributed by atoms with Crippen molar-refractivity contribution in [3.63, 3.8) is 0 Å². The first-order valence-corrected chi connectivity index (χ1v) is 5.43. The van der Waals surface area contributed by atoms with Crippen molar-refractivity contribution in [1.82, 2.24) is 4.90 Å². The van der Waals surface area contributed by atoms with Crippen molar-refractivity contribution in [1.29, 1.82) is 0 Å². The van der Waals surface area contributed by atoms with Crippen LogP contribution in [0.2, 0.25) is 0 Å². The maximum absolute atomic E-state index is 12.3. The first kappa shape index (κ1) is 12.2. The standard InChI is InChI=1S/C10H12F3NO3/c11-10(12,13)9(17)14-4-5-2-1-3-6(5)7(14)8(15)16/h5-7H,1-4H2,(H,15,16). The van der Waals surface area contributed by atoms with Gasteiger partial charge in [0.15, 0.2) is 0 Å². The summed E-state index contributed by atoms with van der Waals surface area (Å²) in [6.45, 7) is -0.0834. The summed E-state index contributed by atoms with van der Waals surface area (Å²) in [6, 6.07) is -1.31. The molecule has 7 heteroatoms. The molecule has 1 aliphatic carbocycles. The molecule has 4 nitrogen and oxygen atoms in total. The maximum Gasteiger partial charge on any atom is 0.471 e. The van der Waals surface area contributed by atoms with Crippen molar-refractivity contribution < 1.29 is 27.9 Å². The minimum atomic E-state index is -4.99. The first-order chi connectivity index (χ1) is 7.82. The Labute approximate surface area is 95.4 Å². The molecule has 3 atom stereocenters. The number of carbonyl (C=O) groups is 2. The van der Waals surface area contributed by atoms with E-state index in [0.29, 0.717) is 17.7 Å². The molecular weight excluding hydrogens is 239 g/mol. The molecule has 1 N–H and O–H groups in total. The molecule has 2 fully saturated rings. The van der Waals surface area contributed by atoms with Gasteiger partial charge in [-0.2, -0.15) is 13.2 Å². The van der Waals surface area contributed by atoms with E-state index >= 15 is 0 Å². The Kier molecular flexibility index (Phi) is 2.79. The van der Waals surface area contributed by atoms with Crippen LogP contribution in [0, 0.1) is 11.8 Å². The van der Waals surface area contributed by atoms with Crippen molar-refractivity contribution >= 4 is 11.9 Å². The molecule has 1 heterocycles. The average Bonchev–Trinajstić information content (AvgIpc) is 2.71. The van der Waals surface area contributed by atoms with E-state index in [2.05, 4.69) is 0 Å². The molecule has 2 rings (SSSR count). The number of halogens is 3. The molecule has 1 saturated carbocycles. The predicted molar refractivity (Wildman–Crippen MR) is 50.0 cm³/mol. The number of nitrogens with zero attached hydrogens (tertiary/aromatic N) is 1. The summed E-state index contributed by atoms with van der Waals surface area (Å²) < 4.78 is 37.0. The highest BCUT2D eigenvalue weighted by Gasteiger charge is 2.55. The van der Waals surface area contributed by atoms with Gasteiger partial charge in [0.2, 0.25) is 0 Å². The van der Waals surface area contributed by atoms with Crippen LogP contribution in [0.5, 0.6) is 0 Å². The Morgan fingerprint density at radius 3 is 2.41 bits per heavy atom. The van der Waals surface area contributed by atoms with Gasteiger partial charge in [-0.05, 0) is 24.7 Å². The van der Waals surface area contributed by atoms with Gasteiger partial charge in [-0.15, -0.1) is 0 Å². The van der Waals surface area contributed by atoms with Crippen LogP contribution in [0.1, 0.15) is 19.3 Å². The van der Waals surface area contributed by atoms with Gasteiger partial charge < -0.3 is 10.0 Å². The summed E-state index contributed by atoms with van der Waals surface area (Å²) in [5, 5.41) is 8.98. The van der Waals surface area contributed by atoms with E-state index in [9.17, 15) is 22.8 Å². The lowest BCUT2D eigenvalue weighted by molar-refractivity contribution is -0.188. The van der Waals surface area contributed by atoms with Crippen molar-refractivity contribution in [2.24, 2.45) is 11.8 Å².